The van der Waals surface area contributed by atoms with Crippen molar-refractivity contribution in [3.05, 3.63) is 47.7 Å². The normalized spacial score (nSPS) is 21.0. The molecule has 0 aromatic carbocycles. The second-order valence-corrected chi connectivity index (χ2v) is 9.20. The molecule has 2 amide bonds. The number of amides is 2. The molecular weight excluding hydrogens is 437 g/mol. The molecule has 0 bridgehead atoms. The van der Waals surface area contributed by atoms with Crippen molar-refractivity contribution in [3.63, 3.8) is 0 Å². The van der Waals surface area contributed by atoms with E-state index in [1.165, 1.54) is 18.9 Å². The lowest BCUT2D eigenvalue weighted by Gasteiger charge is -2.33. The van der Waals surface area contributed by atoms with Crippen LogP contribution >= 0.6 is 0 Å². The maximum absolute atomic E-state index is 13.9. The second kappa shape index (κ2) is 9.50. The second-order valence-electron chi connectivity index (χ2n) is 9.20. The van der Waals surface area contributed by atoms with Crippen molar-refractivity contribution in [2.75, 3.05) is 23.7 Å². The highest BCUT2D eigenvalue weighted by atomic mass is 19.1. The minimum Gasteiger partial charge on any atom is -0.447 e. The number of carbonyl (C=O) groups is 2. The fraction of sp³-hybridized carbons (Fsp3) is 0.440. The SMILES string of the molecule is Cc1ccc(NC(=O)c2oc3ccc(F)nc3c2NC(=O)[C@H]2CC[C@H](N3CCCC3)CC2)nc1. The number of furan rings is 1. The molecule has 5 rings (SSSR count). The number of aromatic nitrogens is 2. The lowest BCUT2D eigenvalue weighted by Crippen LogP contribution is -2.38. The Kier molecular flexibility index (Phi) is 6.28. The average molecular weight is 466 g/mol. The number of aryl methyl sites for hydroxylation is 1. The van der Waals surface area contributed by atoms with E-state index in [0.717, 1.165) is 50.4 Å². The molecule has 1 aliphatic carbocycles. The van der Waals surface area contributed by atoms with Crippen LogP contribution in [-0.2, 0) is 4.79 Å². The number of rotatable bonds is 5. The van der Waals surface area contributed by atoms with Gasteiger partial charge < -0.3 is 20.0 Å². The third kappa shape index (κ3) is 4.65. The molecule has 9 heteroatoms. The quantitative estimate of drug-likeness (QED) is 0.538. The van der Waals surface area contributed by atoms with Gasteiger partial charge in [0.15, 0.2) is 5.58 Å². The molecule has 3 aromatic heterocycles. The molecule has 34 heavy (non-hydrogen) atoms. The number of nitrogens with one attached hydrogen (secondary N) is 2. The lowest BCUT2D eigenvalue weighted by atomic mass is 9.85. The topological polar surface area (TPSA) is 100 Å². The lowest BCUT2D eigenvalue weighted by molar-refractivity contribution is -0.121. The number of anilines is 2. The fourth-order valence-corrected chi connectivity index (χ4v) is 4.98. The van der Waals surface area contributed by atoms with Gasteiger partial charge in [0.25, 0.3) is 5.91 Å². The average Bonchev–Trinajstić information content (AvgIpc) is 3.49. The zero-order valence-corrected chi connectivity index (χ0v) is 19.1. The highest BCUT2D eigenvalue weighted by Crippen LogP contribution is 2.34. The van der Waals surface area contributed by atoms with Crippen LogP contribution in [0.3, 0.4) is 0 Å². The monoisotopic (exact) mass is 465 g/mol. The van der Waals surface area contributed by atoms with Crippen molar-refractivity contribution in [3.8, 4) is 0 Å². The molecular formula is C25H28FN5O3. The first-order chi connectivity index (χ1) is 16.5. The van der Waals surface area contributed by atoms with Gasteiger partial charge >= 0.3 is 0 Å². The Balaban J connectivity index is 1.35. The summed E-state index contributed by atoms with van der Waals surface area (Å²) in [5, 5.41) is 5.50. The first-order valence-corrected chi connectivity index (χ1v) is 11.9. The Morgan fingerprint density at radius 3 is 2.53 bits per heavy atom. The highest BCUT2D eigenvalue weighted by Gasteiger charge is 2.32. The molecule has 2 aliphatic rings. The van der Waals surface area contributed by atoms with Gasteiger partial charge in [-0.1, -0.05) is 6.07 Å². The van der Waals surface area contributed by atoms with Gasteiger partial charge in [0, 0.05) is 18.2 Å². The Bertz CT molecular complexity index is 1200. The zero-order valence-electron chi connectivity index (χ0n) is 19.1. The number of fused-ring (bicyclic) bond motifs is 1. The van der Waals surface area contributed by atoms with Gasteiger partial charge in [-0.25, -0.2) is 9.97 Å². The van der Waals surface area contributed by atoms with Crippen molar-refractivity contribution in [1.29, 1.82) is 0 Å². The van der Waals surface area contributed by atoms with Crippen LogP contribution in [0.15, 0.2) is 34.9 Å². The molecule has 0 unspecified atom stereocenters. The number of nitrogens with zero attached hydrogens (tertiary/aromatic N) is 3. The van der Waals surface area contributed by atoms with E-state index in [1.807, 2.05) is 13.0 Å². The maximum Gasteiger partial charge on any atom is 0.294 e. The van der Waals surface area contributed by atoms with Crippen LogP contribution in [0.1, 0.15) is 54.6 Å². The van der Waals surface area contributed by atoms with Gasteiger partial charge in [-0.3, -0.25) is 9.59 Å². The predicted octanol–water partition coefficient (Wildman–Crippen LogP) is 4.52. The smallest absolute Gasteiger partial charge is 0.294 e. The highest BCUT2D eigenvalue weighted by molar-refractivity contribution is 6.13. The first kappa shape index (κ1) is 22.5. The Hall–Kier alpha value is -3.33. The van der Waals surface area contributed by atoms with E-state index >= 15 is 0 Å². The summed E-state index contributed by atoms with van der Waals surface area (Å²) in [5.74, 6) is -1.48. The van der Waals surface area contributed by atoms with E-state index in [9.17, 15) is 14.0 Å². The van der Waals surface area contributed by atoms with E-state index in [4.69, 9.17) is 4.42 Å². The maximum atomic E-state index is 13.9. The standard InChI is InChI=1S/C25H28FN5O3/c1-15-4-11-20(27-14-15)29-25(33)23-22(21-18(34-23)9-10-19(26)28-21)30-24(32)16-5-7-17(8-6-16)31-12-2-3-13-31/h4,9-11,14,16-17H,2-3,5-8,12-13H2,1H3,(H,30,32)(H,27,29,33)/t16-,17-. The summed E-state index contributed by atoms with van der Waals surface area (Å²) < 4.78 is 19.6. The number of hydrogen-bond acceptors (Lipinski definition) is 6. The van der Waals surface area contributed by atoms with E-state index in [2.05, 4.69) is 25.5 Å². The van der Waals surface area contributed by atoms with Crippen LogP contribution in [0.25, 0.3) is 11.1 Å². The minimum atomic E-state index is -0.720. The summed E-state index contributed by atoms with van der Waals surface area (Å²) in [7, 11) is 0. The predicted molar refractivity (Wildman–Crippen MR) is 126 cm³/mol. The summed E-state index contributed by atoms with van der Waals surface area (Å²) in [6.45, 7) is 4.19. The molecule has 2 fully saturated rings. The third-order valence-corrected chi connectivity index (χ3v) is 6.83. The van der Waals surface area contributed by atoms with Crippen molar-refractivity contribution < 1.29 is 18.4 Å². The van der Waals surface area contributed by atoms with E-state index in [-0.39, 0.29) is 34.4 Å². The molecule has 4 heterocycles. The molecule has 8 nitrogen and oxygen atoms in total. The largest absolute Gasteiger partial charge is 0.447 e. The van der Waals surface area contributed by atoms with Gasteiger partial charge in [-0.2, -0.15) is 4.39 Å². The molecule has 1 saturated carbocycles. The summed E-state index contributed by atoms with van der Waals surface area (Å²) >= 11 is 0. The van der Waals surface area contributed by atoms with Gasteiger partial charge in [-0.05, 0) is 82.3 Å². The van der Waals surface area contributed by atoms with Gasteiger partial charge in [0.2, 0.25) is 17.6 Å². The van der Waals surface area contributed by atoms with Crippen LogP contribution in [0.4, 0.5) is 15.9 Å². The summed E-state index contributed by atoms with van der Waals surface area (Å²) in [5.41, 5.74) is 1.37. The molecule has 0 spiro atoms. The minimum absolute atomic E-state index is 0.0887. The zero-order chi connectivity index (χ0) is 23.7. The molecule has 3 aromatic rings. The van der Waals surface area contributed by atoms with Crippen molar-refractivity contribution in [1.82, 2.24) is 14.9 Å². The summed E-state index contributed by atoms with van der Waals surface area (Å²) in [4.78, 5) is 36.8. The Morgan fingerprint density at radius 1 is 1.06 bits per heavy atom. The molecule has 1 aliphatic heterocycles. The van der Waals surface area contributed by atoms with Gasteiger partial charge in [0.05, 0.1) is 0 Å². The summed E-state index contributed by atoms with van der Waals surface area (Å²) in [6.07, 6.45) is 7.64. The molecule has 0 atom stereocenters. The van der Waals surface area contributed by atoms with Crippen molar-refractivity contribution in [2.45, 2.75) is 51.5 Å². The molecule has 0 radical (unpaired) electrons. The number of likely N-dealkylation sites (tertiary alicyclic amines) is 1. The van der Waals surface area contributed by atoms with E-state index in [0.29, 0.717) is 11.9 Å². The van der Waals surface area contributed by atoms with Gasteiger partial charge in [0.1, 0.15) is 17.0 Å². The fourth-order valence-electron chi connectivity index (χ4n) is 4.98. The van der Waals surface area contributed by atoms with Crippen LogP contribution in [0, 0.1) is 18.8 Å². The Labute approximate surface area is 196 Å². The van der Waals surface area contributed by atoms with Crippen LogP contribution in [0.5, 0.6) is 0 Å². The molecule has 178 valence electrons. The Morgan fingerprint density at radius 2 is 1.82 bits per heavy atom. The van der Waals surface area contributed by atoms with Crippen molar-refractivity contribution in [2.24, 2.45) is 5.92 Å². The van der Waals surface area contributed by atoms with Crippen molar-refractivity contribution >= 4 is 34.4 Å². The van der Waals surface area contributed by atoms with Crippen LogP contribution in [-0.4, -0.2) is 45.8 Å². The number of hydrogen-bond donors (Lipinski definition) is 2. The van der Waals surface area contributed by atoms with Crippen LogP contribution < -0.4 is 10.6 Å². The van der Waals surface area contributed by atoms with E-state index < -0.39 is 11.9 Å². The number of halogens is 1. The summed E-state index contributed by atoms with van der Waals surface area (Å²) in [6, 6.07) is 6.58. The molecule has 1 saturated heterocycles. The number of carbonyl (C=O) groups excluding carboxylic acids is 2. The number of pyridine rings is 2. The first-order valence-electron chi connectivity index (χ1n) is 11.9. The van der Waals surface area contributed by atoms with E-state index in [1.54, 1.807) is 12.3 Å². The van der Waals surface area contributed by atoms with Crippen LogP contribution in [0.2, 0.25) is 0 Å². The molecule has 2 N–H and O–H groups in total. The van der Waals surface area contributed by atoms with Gasteiger partial charge in [-0.15, -0.1) is 0 Å². The third-order valence-electron chi connectivity index (χ3n) is 6.83.